The van der Waals surface area contributed by atoms with Crippen LogP contribution in [-0.2, 0) is 0 Å². The van der Waals surface area contributed by atoms with Crippen LogP contribution >= 0.6 is 0 Å². The first-order chi connectivity index (χ1) is 33.6. The molecule has 0 amide bonds. The molecule has 0 saturated carbocycles. The summed E-state index contributed by atoms with van der Waals surface area (Å²) >= 11 is 0. The fourth-order valence-electron chi connectivity index (χ4n) is 6.49. The highest BCUT2D eigenvalue weighted by Crippen LogP contribution is 2.32. The number of nitrogens with zero attached hydrogens (tertiary/aromatic N) is 3. The van der Waals surface area contributed by atoms with Crippen LogP contribution in [0.4, 0.5) is 0 Å². The van der Waals surface area contributed by atoms with Gasteiger partial charge in [-0.05, 0) is 126 Å². The lowest BCUT2D eigenvalue weighted by Gasteiger charge is -2.10. The second-order valence-corrected chi connectivity index (χ2v) is 14.5. The number of hydrogen-bond acceptors (Lipinski definition) is 15. The highest BCUT2D eigenvalue weighted by Gasteiger charge is 2.15. The number of benzene rings is 6. The molecule has 6 aromatic carbocycles. The zero-order valence-corrected chi connectivity index (χ0v) is 38.3. The van der Waals surface area contributed by atoms with E-state index in [9.17, 15) is 14.4 Å². The van der Waals surface area contributed by atoms with Gasteiger partial charge < -0.3 is 42.6 Å². The van der Waals surface area contributed by atoms with Gasteiger partial charge in [-0.25, -0.2) is 0 Å². The molecule has 69 heavy (non-hydrogen) atoms. The third-order valence-electron chi connectivity index (χ3n) is 10.1. The highest BCUT2D eigenvalue weighted by atomic mass is 16.5. The number of carbonyl (C=O) groups is 3. The summed E-state index contributed by atoms with van der Waals surface area (Å²) in [6.07, 6.45) is 9.42. The van der Waals surface area contributed by atoms with Crippen LogP contribution in [0.15, 0.2) is 146 Å². The molecule has 0 radical (unpaired) electrons. The van der Waals surface area contributed by atoms with Crippen LogP contribution < -0.4 is 42.6 Å². The molecule has 7 aromatic rings. The molecule has 0 aliphatic heterocycles. The Labute approximate surface area is 397 Å². The largest absolute Gasteiger partial charge is 0.493 e. The Balaban J connectivity index is 1.07. The zero-order valence-electron chi connectivity index (χ0n) is 38.3. The van der Waals surface area contributed by atoms with Crippen molar-refractivity contribution in [3.63, 3.8) is 0 Å². The van der Waals surface area contributed by atoms with Gasteiger partial charge >= 0.3 is 18.0 Å². The Bertz CT molecular complexity index is 2700. The number of hydrogen-bond donors (Lipinski definition) is 0. The van der Waals surface area contributed by atoms with Crippen molar-refractivity contribution in [3.05, 3.63) is 179 Å². The molecule has 0 fully saturated rings. The van der Waals surface area contributed by atoms with E-state index in [1.807, 2.05) is 0 Å². The van der Waals surface area contributed by atoms with Crippen LogP contribution in [0.3, 0.4) is 0 Å². The normalized spacial score (nSPS) is 11.0. The van der Waals surface area contributed by atoms with Gasteiger partial charge in [0.1, 0.15) is 17.2 Å². The van der Waals surface area contributed by atoms with Gasteiger partial charge in [-0.2, -0.15) is 0 Å². The van der Waals surface area contributed by atoms with Gasteiger partial charge in [0, 0.05) is 16.7 Å². The van der Waals surface area contributed by atoms with Crippen LogP contribution in [0.5, 0.6) is 69.8 Å². The maximum absolute atomic E-state index is 12.9. The van der Waals surface area contributed by atoms with Crippen LogP contribution in [0.1, 0.15) is 47.8 Å². The first-order valence-electron chi connectivity index (χ1n) is 21.0. The van der Waals surface area contributed by atoms with E-state index >= 15 is 0 Å². The Morgan fingerprint density at radius 2 is 0.580 bits per heavy atom. The van der Waals surface area contributed by atoms with Gasteiger partial charge in [0.05, 0.1) is 42.7 Å². The van der Waals surface area contributed by atoms with E-state index in [0.29, 0.717) is 68.4 Å². The molecule has 0 aliphatic rings. The molecule has 0 bridgehead atoms. The number of rotatable bonds is 21. The van der Waals surface area contributed by atoms with E-state index in [4.69, 9.17) is 42.6 Å². The minimum absolute atomic E-state index is 0.136. The highest BCUT2D eigenvalue weighted by molar-refractivity contribution is 6.08. The van der Waals surface area contributed by atoms with Gasteiger partial charge in [-0.15, -0.1) is 15.0 Å². The van der Waals surface area contributed by atoms with Crippen molar-refractivity contribution < 1.29 is 57.0 Å². The first-order valence-corrected chi connectivity index (χ1v) is 21.0. The Morgan fingerprint density at radius 3 is 0.812 bits per heavy atom. The molecule has 0 N–H and O–H groups in total. The average molecular weight is 928 g/mol. The summed E-state index contributed by atoms with van der Waals surface area (Å²) < 4.78 is 50.0. The lowest BCUT2D eigenvalue weighted by Crippen LogP contribution is -2.01. The first kappa shape index (κ1) is 47.7. The minimum atomic E-state index is -0.221. The Hall–Kier alpha value is -9.24. The molecule has 7 rings (SSSR count). The second-order valence-electron chi connectivity index (χ2n) is 14.5. The number of allylic oxidation sites excluding steroid dienone is 3. The topological polar surface area (TPSA) is 173 Å². The average Bonchev–Trinajstić information content (AvgIpc) is 3.39. The molecule has 15 heteroatoms. The van der Waals surface area contributed by atoms with E-state index in [2.05, 4.69) is 15.0 Å². The lowest BCUT2D eigenvalue weighted by molar-refractivity contribution is 0.103. The third kappa shape index (κ3) is 12.6. The molecule has 1 heterocycles. The maximum Gasteiger partial charge on any atom is 0.331 e. The number of ketones is 3. The van der Waals surface area contributed by atoms with Gasteiger partial charge in [-0.1, -0.05) is 54.6 Å². The van der Waals surface area contributed by atoms with Crippen molar-refractivity contribution in [2.45, 2.75) is 0 Å². The van der Waals surface area contributed by atoms with E-state index in [1.54, 1.807) is 146 Å². The van der Waals surface area contributed by atoms with E-state index in [-0.39, 0.29) is 35.4 Å². The molecule has 0 spiro atoms. The molecule has 0 unspecified atom stereocenters. The van der Waals surface area contributed by atoms with Crippen LogP contribution in [0, 0.1) is 0 Å². The summed E-state index contributed by atoms with van der Waals surface area (Å²) in [5, 5.41) is 0. The number of aromatic nitrogens is 3. The summed E-state index contributed by atoms with van der Waals surface area (Å²) in [5.41, 5.74) is 3.50. The van der Waals surface area contributed by atoms with Crippen molar-refractivity contribution in [3.8, 4) is 69.8 Å². The maximum atomic E-state index is 12.9. The lowest BCUT2D eigenvalue weighted by atomic mass is 10.1. The van der Waals surface area contributed by atoms with E-state index in [0.717, 1.165) is 16.7 Å². The smallest absolute Gasteiger partial charge is 0.331 e. The van der Waals surface area contributed by atoms with Crippen molar-refractivity contribution in [1.82, 2.24) is 15.0 Å². The molecule has 15 nitrogen and oxygen atoms in total. The molecule has 0 atom stereocenters. The molecule has 0 aliphatic carbocycles. The van der Waals surface area contributed by atoms with Crippen molar-refractivity contribution in [1.29, 1.82) is 0 Å². The van der Waals surface area contributed by atoms with E-state index < -0.39 is 0 Å². The fraction of sp³-hybridized carbons (Fsp3) is 0.111. The predicted octanol–water partition coefficient (Wildman–Crippen LogP) is 11.0. The van der Waals surface area contributed by atoms with Crippen molar-refractivity contribution in [2.24, 2.45) is 0 Å². The van der Waals surface area contributed by atoms with Crippen molar-refractivity contribution >= 4 is 35.6 Å². The van der Waals surface area contributed by atoms with Gasteiger partial charge in [0.15, 0.2) is 51.8 Å². The molecule has 1 aromatic heterocycles. The quantitative estimate of drug-likeness (QED) is 0.0491. The van der Waals surface area contributed by atoms with Crippen LogP contribution in [0.2, 0.25) is 0 Å². The second kappa shape index (κ2) is 22.8. The Morgan fingerprint density at radius 1 is 0.333 bits per heavy atom. The van der Waals surface area contributed by atoms with E-state index in [1.165, 1.54) is 60.9 Å². The monoisotopic (exact) mass is 927 g/mol. The summed E-state index contributed by atoms with van der Waals surface area (Å²) in [6, 6.07) is 35.2. The minimum Gasteiger partial charge on any atom is -0.493 e. The van der Waals surface area contributed by atoms with Gasteiger partial charge in [-0.3, -0.25) is 14.4 Å². The standard InChI is InChI=1S/C54H45N3O12/c1-61-46-28-16-37(31-49(46)64-4)43(58)25-13-34-7-19-40(20-8-34)67-52-55-53(68-41-21-9-35(10-22-41)14-26-44(59)38-17-29-47(62-2)50(32-38)65-5)57-54(56-52)69-42-23-11-36(12-24-42)15-27-45(60)39-18-30-48(63-3)51(33-39)66-6/h7-33H,1-6H3/b25-13+,26-14+,27-15+. The third-order valence-corrected chi connectivity index (χ3v) is 10.1. The number of carbonyl (C=O) groups excluding carboxylic acids is 3. The summed E-state index contributed by atoms with van der Waals surface area (Å²) in [5.74, 6) is 3.37. The van der Waals surface area contributed by atoms with Crippen LogP contribution in [0.25, 0.3) is 18.2 Å². The molecular weight excluding hydrogens is 883 g/mol. The summed E-state index contributed by atoms with van der Waals surface area (Å²) in [4.78, 5) is 52.0. The fourth-order valence-corrected chi connectivity index (χ4v) is 6.49. The number of ether oxygens (including phenoxy) is 9. The summed E-state index contributed by atoms with van der Waals surface area (Å²) in [6.45, 7) is 0. The molecular formula is C54H45N3O12. The van der Waals surface area contributed by atoms with Crippen molar-refractivity contribution in [2.75, 3.05) is 42.7 Å². The van der Waals surface area contributed by atoms with Gasteiger partial charge in [0.2, 0.25) is 0 Å². The SMILES string of the molecule is COc1ccc(C(=O)/C=C/c2ccc(Oc3nc(Oc4ccc(/C=C/C(=O)c5ccc(OC)c(OC)c5)cc4)nc(Oc4ccc(/C=C/C(=O)c5ccc(OC)c(OC)c5)cc4)n3)cc2)cc1OC. The molecule has 0 saturated heterocycles. The van der Waals surface area contributed by atoms with Crippen LogP contribution in [-0.4, -0.2) is 75.0 Å². The Kier molecular flexibility index (Phi) is 15.8. The summed E-state index contributed by atoms with van der Waals surface area (Å²) in [7, 11) is 9.10. The predicted molar refractivity (Wildman–Crippen MR) is 258 cm³/mol. The number of methoxy groups -OCH3 is 6. The zero-order chi connectivity index (χ0) is 48.7. The molecule has 348 valence electrons. The van der Waals surface area contributed by atoms with Gasteiger partial charge in [0.25, 0.3) is 0 Å².